The molecule has 0 atom stereocenters. The van der Waals surface area contributed by atoms with Crippen LogP contribution in [0.3, 0.4) is 0 Å². The third-order valence-electron chi connectivity index (χ3n) is 18.0. The van der Waals surface area contributed by atoms with E-state index in [1.165, 1.54) is 33.7 Å². The second-order valence-electron chi connectivity index (χ2n) is 26.5. The molecular formula is C94H63B3Br2Cl9IN11O12S4. The van der Waals surface area contributed by atoms with E-state index >= 15 is 0 Å². The number of halogens is 12. The van der Waals surface area contributed by atoms with Crippen molar-refractivity contribution in [1.82, 2.24) is 39.9 Å². The van der Waals surface area contributed by atoms with Gasteiger partial charge in [0.2, 0.25) is 21.1 Å². The summed E-state index contributed by atoms with van der Waals surface area (Å²) in [5.74, 6) is 1.89. The van der Waals surface area contributed by atoms with Crippen molar-refractivity contribution >= 4 is 328 Å². The van der Waals surface area contributed by atoms with E-state index in [0.717, 1.165) is 114 Å². The van der Waals surface area contributed by atoms with Gasteiger partial charge in [-0.05, 0) is 194 Å². The molecule has 42 heteroatoms. The minimum absolute atomic E-state index is 0.114. The molecule has 683 valence electrons. The molecule has 21 aromatic rings. The van der Waals surface area contributed by atoms with Gasteiger partial charge in [-0.1, -0.05) is 261 Å². The summed E-state index contributed by atoms with van der Waals surface area (Å²) in [5, 5.41) is 62.1. The Bertz CT molecular complexity index is 7360. The lowest BCUT2D eigenvalue weighted by Gasteiger charge is -2.02. The molecule has 3 radical (unpaired) electrons. The van der Waals surface area contributed by atoms with E-state index in [1.54, 1.807) is 124 Å². The molecule has 0 saturated carbocycles. The van der Waals surface area contributed by atoms with Crippen LogP contribution in [-0.4, -0.2) is 96.3 Å². The molecule has 0 aliphatic carbocycles. The number of rotatable bonds is 12. The third kappa shape index (κ3) is 31.3. The average molecular weight is 2310 g/mol. The van der Waals surface area contributed by atoms with E-state index < -0.39 is 9.85 Å². The molecule has 0 bridgehead atoms. The zero-order valence-corrected chi connectivity index (χ0v) is 84.6. The molecule has 3 N–H and O–H groups in total. The molecule has 0 aliphatic heterocycles. The van der Waals surface area contributed by atoms with Crippen molar-refractivity contribution in [2.75, 3.05) is 0 Å². The Balaban J connectivity index is 0.000000173. The maximum atomic E-state index is 10.7. The van der Waals surface area contributed by atoms with Gasteiger partial charge in [-0.25, -0.2) is 39.9 Å². The lowest BCUT2D eigenvalue weighted by Crippen LogP contribution is -1.98. The molecule has 13 aromatic carbocycles. The minimum Gasteiger partial charge on any atom is -0.537 e. The van der Waals surface area contributed by atoms with Gasteiger partial charge < -0.3 is 29.0 Å². The largest absolute Gasteiger partial charge is 0.569 e. The lowest BCUT2D eigenvalue weighted by atomic mass is 10.1. The fourth-order valence-electron chi connectivity index (χ4n) is 12.1. The number of benzene rings is 13. The molecule has 8 aromatic heterocycles. The molecule has 0 amide bonds. The number of nitro benzene ring substituents is 3. The lowest BCUT2D eigenvalue weighted by molar-refractivity contribution is -0.385. The van der Waals surface area contributed by atoms with Crippen molar-refractivity contribution in [2.45, 2.75) is 0 Å². The molecular weight excluding hydrogens is 2240 g/mol. The number of nitro groups is 3. The fourth-order valence-corrected chi connectivity index (χ4v) is 18.9. The number of hydrogen-bond acceptors (Lipinski definition) is 24. The Morgan fingerprint density at radius 1 is 0.331 bits per heavy atom. The van der Waals surface area contributed by atoms with Gasteiger partial charge in [0.15, 0.2) is 10.3 Å². The second kappa shape index (κ2) is 55.4. The van der Waals surface area contributed by atoms with Crippen molar-refractivity contribution < 1.29 is 43.8 Å². The Kier molecular flexibility index (Phi) is 42.4. The van der Waals surface area contributed by atoms with Crippen molar-refractivity contribution in [2.24, 2.45) is 0 Å². The van der Waals surface area contributed by atoms with E-state index in [-0.39, 0.29) is 32.6 Å². The quantitative estimate of drug-likeness (QED) is 0.0255. The zero-order chi connectivity index (χ0) is 100. The van der Waals surface area contributed by atoms with Crippen LogP contribution in [0.4, 0.5) is 17.1 Å². The van der Waals surface area contributed by atoms with Crippen molar-refractivity contribution in [3.05, 3.63) is 420 Å². The highest BCUT2D eigenvalue weighted by Crippen LogP contribution is 2.41. The summed E-state index contributed by atoms with van der Waals surface area (Å²) < 4.78 is 40.7. The monoisotopic (exact) mass is 2300 g/mol. The number of nitrogens with zero attached hydrogens (tertiary/aromatic N) is 11. The van der Waals surface area contributed by atoms with Crippen LogP contribution in [0.1, 0.15) is 0 Å². The van der Waals surface area contributed by atoms with E-state index in [1.807, 2.05) is 241 Å². The van der Waals surface area contributed by atoms with Gasteiger partial charge in [0.1, 0.15) is 9.27 Å². The van der Waals surface area contributed by atoms with E-state index in [9.17, 15) is 30.3 Å². The predicted molar refractivity (Wildman–Crippen MR) is 580 cm³/mol. The molecule has 136 heavy (non-hydrogen) atoms. The zero-order valence-electron chi connectivity index (χ0n) is 72.2. The summed E-state index contributed by atoms with van der Waals surface area (Å²) >= 11 is 62.1. The Morgan fingerprint density at radius 3 is 1.09 bits per heavy atom. The normalized spacial score (nSPS) is 10.2. The minimum atomic E-state index is -0.424. The van der Waals surface area contributed by atoms with Crippen LogP contribution in [0.2, 0.25) is 31.4 Å². The average Bonchev–Trinajstić information content (AvgIpc) is 1.62. The number of para-hydroxylation sites is 2. The molecule has 0 unspecified atom stereocenters. The molecule has 23 nitrogen and oxygen atoms in total. The van der Waals surface area contributed by atoms with Crippen LogP contribution in [0.5, 0.6) is 17.2 Å². The second-order valence-corrected chi connectivity index (χ2v) is 35.8. The van der Waals surface area contributed by atoms with E-state index in [2.05, 4.69) is 147 Å². The van der Waals surface area contributed by atoms with Crippen LogP contribution >= 0.6 is 206 Å². The van der Waals surface area contributed by atoms with Crippen molar-refractivity contribution in [3.8, 4) is 50.8 Å². The number of thiophene rings is 4. The van der Waals surface area contributed by atoms with Gasteiger partial charge in [0.05, 0.1) is 76.4 Å². The number of aromatic nitrogens is 8. The number of hydrogen-bond donors (Lipinski definition) is 3. The number of fused-ring (bicyclic) bond motifs is 12. The maximum Gasteiger partial charge on any atom is 0.569 e. The molecule has 0 spiro atoms. The van der Waals surface area contributed by atoms with E-state index in [4.69, 9.17) is 88.2 Å². The first-order valence-electron chi connectivity index (χ1n) is 39.8. The molecule has 0 aliphatic rings. The standard InChI is InChI=1S/C16H9ClN2S.C12H8INO2.C12H9NO2.2C10H4Cl2N2S.C10H5ClN2S.C6H5BBrO2.2C6H6BO2.C6H4BrNO2.3ClH/c17-16-18-13(10-6-2-1-3-7-10)15-14(19-16)11-8-4-5-9-12(11)20-15;13-11-8-10(6-7-12(11)14(15)16)9-4-2-1-3-5-9;14-13(15)12-8-6-11(7-9-12)10-4-2-1-3-5-10;2*11-9-8-7(13-10(12)14-9)5-3-1-2-4-6(5)15-8;11-10-12-5-8-9(13-10)6-3-1-2-4-7(6)14-8;8-5-2-1-3-6(4-5)10-7-9;2*8-7-9-6-4-2-1-3-5-6;7-5-1-3-6(4-2-5)8(9)10;;;/h1-9H;1-8H;1-9H;2*1-4H;1-5H;1-4,9H;2*1-5,8H;1-4H;3*1H/i/hT3. The molecule has 0 fully saturated rings. The highest BCUT2D eigenvalue weighted by Gasteiger charge is 2.18. The summed E-state index contributed by atoms with van der Waals surface area (Å²) in [6.45, 7) is 0. The van der Waals surface area contributed by atoms with Crippen LogP contribution < -0.4 is 14.0 Å². The Morgan fingerprint density at radius 2 is 0.669 bits per heavy atom. The fraction of sp³-hybridized carbons (Fsp3) is 0. The summed E-state index contributed by atoms with van der Waals surface area (Å²) in [5.41, 5.74) is 10.0. The molecule has 21 rings (SSSR count). The highest BCUT2D eigenvalue weighted by atomic mass is 127. The van der Waals surface area contributed by atoms with Gasteiger partial charge in [0.25, 0.3) is 17.1 Å². The number of non-ortho nitro benzene ring substituents is 2. The SMILES string of the molecule is Clc1nc(-c2ccccc2)c2sc3ccccc3c2n1.Clc1nc(Cl)c2sc3ccccc3c2n1.Clc1nc(Cl)c2sc3ccccc3c2n1.Clc1ncc2sc3ccccc3c2n1.O=[N+]([O-])c1ccc(-c2ccccc2)cc1.O=[N+]([O-])c1ccc(-c2ccccc2)cc1I.O=[N+]([O-])c1ccc(Br)cc1.O[B]Oc1cccc(Br)c1.O[B]Oc1ccccc1.O[B]Oc1ccccc1.[3H]Cl.[3H]Cl.[3H]Cl. The summed E-state index contributed by atoms with van der Waals surface area (Å²) in [4.78, 5) is 63.4. The van der Waals surface area contributed by atoms with Crippen LogP contribution in [0.15, 0.2) is 355 Å². The van der Waals surface area contributed by atoms with Gasteiger partial charge in [-0.3, -0.25) is 30.3 Å². The highest BCUT2D eigenvalue weighted by molar-refractivity contribution is 14.1. The smallest absolute Gasteiger partial charge is 0.537 e. The van der Waals surface area contributed by atoms with Gasteiger partial charge in [-0.2, -0.15) is 0 Å². The molecule has 0 saturated heterocycles. The first-order chi connectivity index (χ1) is 67.5. The summed E-state index contributed by atoms with van der Waals surface area (Å²) in [6, 6.07) is 105. The summed E-state index contributed by atoms with van der Waals surface area (Å²) in [6.07, 6.45) is 1.77. The predicted octanol–water partition coefficient (Wildman–Crippen LogP) is 30.3. The molecule has 8 heterocycles. The maximum absolute atomic E-state index is 10.7. The van der Waals surface area contributed by atoms with Crippen LogP contribution in [0.25, 0.3) is 115 Å². The Hall–Kier alpha value is -11.0. The van der Waals surface area contributed by atoms with Crippen LogP contribution in [-0.2, 0) is 0 Å². The first-order valence-corrected chi connectivity index (χ1v) is 46.9. The summed E-state index contributed by atoms with van der Waals surface area (Å²) in [7, 11) is 1.98. The first kappa shape index (κ1) is 104. The van der Waals surface area contributed by atoms with Gasteiger partial charge >= 0.3 is 23.1 Å². The van der Waals surface area contributed by atoms with Gasteiger partial charge in [0, 0.05) is 91.4 Å². The van der Waals surface area contributed by atoms with E-state index in [0.29, 0.717) is 64.7 Å². The van der Waals surface area contributed by atoms with Crippen LogP contribution in [0, 0.1) is 33.9 Å². The topological polar surface area (TPSA) is 321 Å². The van der Waals surface area contributed by atoms with Crippen molar-refractivity contribution in [3.63, 3.8) is 0 Å². The van der Waals surface area contributed by atoms with Gasteiger partial charge in [-0.15, -0.1) is 82.3 Å². The third-order valence-corrected chi connectivity index (χ3v) is 25.9. The van der Waals surface area contributed by atoms with Crippen molar-refractivity contribution in [1.29, 1.82) is 3.52 Å². The Labute approximate surface area is 877 Å².